The Morgan fingerprint density at radius 1 is 1.27 bits per heavy atom. The van der Waals surface area contributed by atoms with Crippen molar-refractivity contribution in [1.82, 2.24) is 20.5 Å². The molecule has 0 saturated heterocycles. The molecule has 87 valence electrons. The van der Waals surface area contributed by atoms with Gasteiger partial charge in [0.2, 0.25) is 0 Å². The van der Waals surface area contributed by atoms with E-state index in [1.54, 1.807) is 0 Å². The molecule has 0 spiro atoms. The molecule has 1 aliphatic rings. The third-order valence-corrected chi connectivity index (χ3v) is 1.93. The molecule has 0 aliphatic carbocycles. The van der Waals surface area contributed by atoms with Crippen molar-refractivity contribution in [3.05, 3.63) is 41.8 Å². The van der Waals surface area contributed by atoms with Crippen LogP contribution in [0.1, 0.15) is 18.6 Å². The fraction of sp³-hybridized carbons (Fsp3) is 0.200. The van der Waals surface area contributed by atoms with Gasteiger partial charge in [-0.05, 0) is 26.0 Å². The summed E-state index contributed by atoms with van der Waals surface area (Å²) in [4.78, 5) is 4.25. The molecule has 0 amide bonds. The summed E-state index contributed by atoms with van der Waals surface area (Å²) in [5.41, 5.74) is 2.07. The number of aromatic amines is 1. The monoisotopic (exact) mass is 450 g/mol. The first-order valence-electron chi connectivity index (χ1n) is 4.47. The van der Waals surface area contributed by atoms with Crippen LogP contribution in [0.5, 0.6) is 0 Å². The molecule has 2 N–H and O–H groups in total. The van der Waals surface area contributed by atoms with Gasteiger partial charge in [0.1, 0.15) is 5.82 Å². The summed E-state index contributed by atoms with van der Waals surface area (Å²) in [7, 11) is 0. The standard InChI is InChI=1S/C10H12N4.Lr/c1-7-4-3-5-9(6-11-7)10-12-8(2)13-14-10;/h3-6,11H,1-2H3,(H,12,13,14);. The average molecular weight is 450 g/mol. The van der Waals surface area contributed by atoms with Crippen LogP contribution in [0.15, 0.2) is 30.1 Å². The Morgan fingerprint density at radius 2 is 2.07 bits per heavy atom. The molecule has 0 unspecified atom stereocenters. The van der Waals surface area contributed by atoms with E-state index in [9.17, 15) is 0 Å². The second kappa shape index (κ2) is 3.91. The molecule has 2 heterocycles. The van der Waals surface area contributed by atoms with Gasteiger partial charge in [-0.1, -0.05) is 6.08 Å². The second-order valence-electron chi connectivity index (χ2n) is 3.20. The van der Waals surface area contributed by atoms with E-state index in [4.69, 9.17) is 0 Å². The Kier molecular flexibility index (Phi) is 2.67. The van der Waals surface area contributed by atoms with E-state index in [-0.39, 0.29) is 0 Å². The molecule has 1 aromatic rings. The number of hydrogen-bond donors (Lipinski definition) is 2. The van der Waals surface area contributed by atoms with Crippen molar-refractivity contribution < 1.29 is 0 Å². The van der Waals surface area contributed by atoms with E-state index < -0.39 is 0 Å². The zero-order valence-corrected chi connectivity index (χ0v) is 10.6. The van der Waals surface area contributed by atoms with Crippen LogP contribution in [-0.4, -0.2) is 15.2 Å². The van der Waals surface area contributed by atoms with Crippen molar-refractivity contribution in [2.24, 2.45) is 0 Å². The molecule has 1 aliphatic heterocycles. The van der Waals surface area contributed by atoms with Crippen molar-refractivity contribution in [3.8, 4) is 0 Å². The normalized spacial score (nSPS) is 14.5. The number of hydrogen-bond acceptors (Lipinski definition) is 3. The fourth-order valence-corrected chi connectivity index (χ4v) is 1.19. The smallest absolute Gasteiger partial charge is 0.182 e. The molecule has 15 heavy (non-hydrogen) atoms. The molecule has 4 nitrogen and oxygen atoms in total. The van der Waals surface area contributed by atoms with Gasteiger partial charge in [-0.2, -0.15) is 5.10 Å². The van der Waals surface area contributed by atoms with Gasteiger partial charge in [-0.15, -0.1) is 0 Å². The van der Waals surface area contributed by atoms with Crippen molar-refractivity contribution in [2.75, 3.05) is 0 Å². The minimum Gasteiger partial charge on any atom is -0.365 e. The summed E-state index contributed by atoms with van der Waals surface area (Å²) in [5.74, 6) is 1.54. The predicted octanol–water partition coefficient (Wildman–Crippen LogP) is 1.52. The number of H-pyrrole nitrogens is 1. The van der Waals surface area contributed by atoms with Gasteiger partial charge in [0.25, 0.3) is 0 Å². The van der Waals surface area contributed by atoms with Crippen LogP contribution in [-0.2, 0) is 0 Å². The Labute approximate surface area is 82.4 Å². The average Bonchev–Trinajstić information content (AvgIpc) is 2.46. The van der Waals surface area contributed by atoms with Crippen molar-refractivity contribution in [2.45, 2.75) is 13.8 Å². The molecule has 1 radical (unpaired) electrons. The Hall–Kier alpha value is -2.84. The third kappa shape index (κ3) is 2.09. The summed E-state index contributed by atoms with van der Waals surface area (Å²) in [6, 6.07) is 0. The zero-order chi connectivity index (χ0) is 9.97. The molecular weight excluding hydrogens is 438 g/mol. The Balaban J connectivity index is 0.00000112. The summed E-state index contributed by atoms with van der Waals surface area (Å²) in [6.07, 6.45) is 7.86. The summed E-state index contributed by atoms with van der Waals surface area (Å²) >= 11 is 0. The van der Waals surface area contributed by atoms with Gasteiger partial charge < -0.3 is 5.32 Å². The van der Waals surface area contributed by atoms with Crippen molar-refractivity contribution in [1.29, 1.82) is 0 Å². The van der Waals surface area contributed by atoms with Gasteiger partial charge in [0.05, 0.1) is 0 Å². The molecular formula is C10H12LrN4. The van der Waals surface area contributed by atoms with Crippen molar-refractivity contribution >= 4 is 5.57 Å². The van der Waals surface area contributed by atoms with Crippen LogP contribution >= 0.6 is 0 Å². The molecule has 0 aromatic carbocycles. The fourth-order valence-electron chi connectivity index (χ4n) is 1.19. The SMILES string of the molecule is CC1=CC=CC(c2n[nH]c(C)n2)=CN1.[Lr]. The summed E-state index contributed by atoms with van der Waals surface area (Å²) < 4.78 is 0. The van der Waals surface area contributed by atoms with Gasteiger partial charge in [-0.25, -0.2) is 4.98 Å². The van der Waals surface area contributed by atoms with E-state index in [0.29, 0.717) is 5.82 Å². The minimum atomic E-state index is 0. The maximum absolute atomic E-state index is 4.25. The van der Waals surface area contributed by atoms with E-state index >= 15 is 0 Å². The molecule has 0 bridgehead atoms. The maximum Gasteiger partial charge on any atom is 0.182 e. The number of allylic oxidation sites excluding steroid dienone is 5. The quantitative estimate of drug-likeness (QED) is 0.683. The molecule has 0 atom stereocenters. The first-order valence-corrected chi connectivity index (χ1v) is 4.47. The number of aromatic nitrogens is 3. The van der Waals surface area contributed by atoms with E-state index in [0.717, 1.165) is 17.1 Å². The number of nitrogens with zero attached hydrogens (tertiary/aromatic N) is 2. The first kappa shape index (κ1) is 10.2. The van der Waals surface area contributed by atoms with Gasteiger partial charge in [-0.3, -0.25) is 5.10 Å². The number of rotatable bonds is 1. The first-order chi connectivity index (χ1) is 6.75. The molecule has 2 rings (SSSR count). The van der Waals surface area contributed by atoms with E-state index in [1.165, 1.54) is 0 Å². The number of nitrogens with one attached hydrogen (secondary N) is 2. The predicted molar refractivity (Wildman–Crippen MR) is 55.1 cm³/mol. The molecule has 5 heteroatoms. The van der Waals surface area contributed by atoms with Crippen LogP contribution in [0.4, 0.5) is 0 Å². The van der Waals surface area contributed by atoms with Gasteiger partial charge in [0.15, 0.2) is 5.82 Å². The minimum absolute atomic E-state index is 0. The van der Waals surface area contributed by atoms with Crippen LogP contribution in [0.3, 0.4) is 0 Å². The van der Waals surface area contributed by atoms with Crippen LogP contribution in [0.25, 0.3) is 5.57 Å². The molecule has 0 fully saturated rings. The Morgan fingerprint density at radius 3 is 2.73 bits per heavy atom. The van der Waals surface area contributed by atoms with Crippen LogP contribution in [0, 0.1) is 6.92 Å². The van der Waals surface area contributed by atoms with Crippen LogP contribution in [0.2, 0.25) is 0 Å². The zero-order valence-electron chi connectivity index (χ0n) is 8.46. The summed E-state index contributed by atoms with van der Waals surface area (Å²) in [6.45, 7) is 3.89. The topological polar surface area (TPSA) is 53.6 Å². The summed E-state index contributed by atoms with van der Waals surface area (Å²) in [5, 5.41) is 10.0. The second-order valence-corrected chi connectivity index (χ2v) is 3.20. The third-order valence-electron chi connectivity index (χ3n) is 1.93. The number of aryl methyl sites for hydroxylation is 1. The van der Waals surface area contributed by atoms with Crippen molar-refractivity contribution in [3.63, 3.8) is 0 Å². The molecule has 0 saturated carbocycles. The largest absolute Gasteiger partial charge is 0.365 e. The van der Waals surface area contributed by atoms with E-state index in [1.807, 2.05) is 38.3 Å². The van der Waals surface area contributed by atoms with E-state index in [2.05, 4.69) is 20.5 Å². The maximum atomic E-state index is 4.25. The van der Waals surface area contributed by atoms with Gasteiger partial charge >= 0.3 is 0 Å². The van der Waals surface area contributed by atoms with Crippen LogP contribution < -0.4 is 5.32 Å². The van der Waals surface area contributed by atoms with Gasteiger partial charge in [0, 0.05) is 17.5 Å². The molecule has 1 aromatic heterocycles. The Bertz CT molecular complexity index is 428.